The minimum absolute atomic E-state index is 0.0541. The molecule has 1 unspecified atom stereocenters. The summed E-state index contributed by atoms with van der Waals surface area (Å²) in [6, 6.07) is 7.42. The third-order valence-electron chi connectivity index (χ3n) is 4.34. The van der Waals surface area contributed by atoms with E-state index in [0.29, 0.717) is 37.6 Å². The van der Waals surface area contributed by atoms with Crippen molar-refractivity contribution >= 4 is 17.5 Å². The topological polar surface area (TPSA) is 67.9 Å². The van der Waals surface area contributed by atoms with Crippen LogP contribution in [0, 0.1) is 5.92 Å². The molecule has 6 heteroatoms. The number of ether oxygens (including phenoxy) is 2. The summed E-state index contributed by atoms with van der Waals surface area (Å²) in [6.45, 7) is 4.26. The Bertz CT molecular complexity index is 576. The summed E-state index contributed by atoms with van der Waals surface area (Å²) in [6.07, 6.45) is 2.93. The van der Waals surface area contributed by atoms with Crippen molar-refractivity contribution in [1.82, 2.24) is 4.90 Å². The van der Waals surface area contributed by atoms with Crippen LogP contribution in [0.2, 0.25) is 0 Å². The molecule has 0 spiro atoms. The largest absolute Gasteiger partial charge is 0.491 e. The van der Waals surface area contributed by atoms with Gasteiger partial charge in [0.15, 0.2) is 0 Å². The monoisotopic (exact) mass is 348 g/mol. The lowest BCUT2D eigenvalue weighted by Crippen LogP contribution is -2.43. The van der Waals surface area contributed by atoms with Crippen molar-refractivity contribution in [2.45, 2.75) is 32.6 Å². The van der Waals surface area contributed by atoms with Gasteiger partial charge in [-0.15, -0.1) is 0 Å². The molecule has 138 valence electrons. The standard InChI is InChI=1S/C19H28N2O4/c1-3-18(22)21-11-6-8-15(14-21)19(23)20-16-9-4-5-10-17(16)25-13-7-12-24-2/h4-5,9-10,15H,3,6-8,11-14H2,1-2H3,(H,20,23). The normalized spacial score (nSPS) is 17.2. The lowest BCUT2D eigenvalue weighted by atomic mass is 9.96. The highest BCUT2D eigenvalue weighted by atomic mass is 16.5. The lowest BCUT2D eigenvalue weighted by Gasteiger charge is -2.32. The van der Waals surface area contributed by atoms with Gasteiger partial charge in [0.1, 0.15) is 5.75 Å². The van der Waals surface area contributed by atoms with E-state index in [0.717, 1.165) is 25.8 Å². The molecule has 1 heterocycles. The quantitative estimate of drug-likeness (QED) is 0.734. The fourth-order valence-corrected chi connectivity index (χ4v) is 2.96. The van der Waals surface area contributed by atoms with Gasteiger partial charge in [0.25, 0.3) is 0 Å². The molecular weight excluding hydrogens is 320 g/mol. The number of nitrogens with zero attached hydrogens (tertiary/aromatic N) is 1. The molecule has 1 aromatic rings. The third-order valence-corrected chi connectivity index (χ3v) is 4.34. The van der Waals surface area contributed by atoms with Crippen LogP contribution >= 0.6 is 0 Å². The molecule has 0 saturated carbocycles. The number of rotatable bonds is 8. The first-order valence-corrected chi connectivity index (χ1v) is 8.95. The Morgan fingerprint density at radius 3 is 2.84 bits per heavy atom. The van der Waals surface area contributed by atoms with Gasteiger partial charge >= 0.3 is 0 Å². The summed E-state index contributed by atoms with van der Waals surface area (Å²) in [7, 11) is 1.66. The number of amides is 2. The average molecular weight is 348 g/mol. The molecule has 6 nitrogen and oxygen atoms in total. The van der Waals surface area contributed by atoms with E-state index in [-0.39, 0.29) is 17.7 Å². The highest BCUT2D eigenvalue weighted by molar-refractivity contribution is 5.94. The van der Waals surface area contributed by atoms with E-state index >= 15 is 0 Å². The third kappa shape index (κ3) is 5.74. The summed E-state index contributed by atoms with van der Waals surface area (Å²) >= 11 is 0. The zero-order chi connectivity index (χ0) is 18.1. The Labute approximate surface area is 149 Å². The van der Waals surface area contributed by atoms with Gasteiger partial charge in [-0.05, 0) is 25.0 Å². The van der Waals surface area contributed by atoms with Crippen LogP contribution in [0.1, 0.15) is 32.6 Å². The van der Waals surface area contributed by atoms with Gasteiger partial charge in [0.2, 0.25) is 11.8 Å². The number of anilines is 1. The van der Waals surface area contributed by atoms with E-state index in [2.05, 4.69) is 5.32 Å². The van der Waals surface area contributed by atoms with E-state index in [4.69, 9.17) is 9.47 Å². The Balaban J connectivity index is 1.94. The predicted molar refractivity (Wildman–Crippen MR) is 96.7 cm³/mol. The maximum Gasteiger partial charge on any atom is 0.229 e. The molecule has 0 aliphatic carbocycles. The number of nitrogens with one attached hydrogen (secondary N) is 1. The molecule has 0 radical (unpaired) electrons. The van der Waals surface area contributed by atoms with Crippen LogP contribution in [0.4, 0.5) is 5.69 Å². The zero-order valence-electron chi connectivity index (χ0n) is 15.1. The Hall–Kier alpha value is -2.08. The number of piperidine rings is 1. The Kier molecular flexibility index (Phi) is 7.73. The molecule has 1 aliphatic heterocycles. The van der Waals surface area contributed by atoms with Crippen LogP contribution in [0.3, 0.4) is 0 Å². The fraction of sp³-hybridized carbons (Fsp3) is 0.579. The van der Waals surface area contributed by atoms with Gasteiger partial charge in [0.05, 0.1) is 18.2 Å². The van der Waals surface area contributed by atoms with E-state index < -0.39 is 0 Å². The molecule has 1 saturated heterocycles. The van der Waals surface area contributed by atoms with Crippen LogP contribution in [0.5, 0.6) is 5.75 Å². The van der Waals surface area contributed by atoms with Gasteiger partial charge in [-0.1, -0.05) is 19.1 Å². The van der Waals surface area contributed by atoms with Crippen molar-refractivity contribution in [3.8, 4) is 5.75 Å². The molecule has 25 heavy (non-hydrogen) atoms. The van der Waals surface area contributed by atoms with Crippen molar-refractivity contribution in [2.75, 3.05) is 38.7 Å². The van der Waals surface area contributed by atoms with Crippen LogP contribution in [-0.2, 0) is 14.3 Å². The Morgan fingerprint density at radius 1 is 1.28 bits per heavy atom. The molecule has 1 fully saturated rings. The number of carbonyl (C=O) groups is 2. The van der Waals surface area contributed by atoms with Gasteiger partial charge < -0.3 is 19.7 Å². The minimum Gasteiger partial charge on any atom is -0.491 e. The van der Waals surface area contributed by atoms with Gasteiger partial charge in [-0.3, -0.25) is 9.59 Å². The van der Waals surface area contributed by atoms with Crippen molar-refractivity contribution in [3.63, 3.8) is 0 Å². The number of para-hydroxylation sites is 2. The Morgan fingerprint density at radius 2 is 2.08 bits per heavy atom. The smallest absolute Gasteiger partial charge is 0.229 e. The van der Waals surface area contributed by atoms with E-state index in [1.165, 1.54) is 0 Å². The van der Waals surface area contributed by atoms with Gasteiger partial charge in [-0.2, -0.15) is 0 Å². The van der Waals surface area contributed by atoms with Crippen molar-refractivity contribution in [1.29, 1.82) is 0 Å². The zero-order valence-corrected chi connectivity index (χ0v) is 15.1. The summed E-state index contributed by atoms with van der Waals surface area (Å²) in [4.78, 5) is 26.3. The van der Waals surface area contributed by atoms with Gasteiger partial charge in [0, 0.05) is 39.6 Å². The predicted octanol–water partition coefficient (Wildman–Crippen LogP) is 2.69. The highest BCUT2D eigenvalue weighted by Crippen LogP contribution is 2.26. The lowest BCUT2D eigenvalue weighted by molar-refractivity contribution is -0.134. The average Bonchev–Trinajstić information content (AvgIpc) is 2.65. The number of methoxy groups -OCH3 is 1. The first-order valence-electron chi connectivity index (χ1n) is 8.95. The number of benzene rings is 1. The van der Waals surface area contributed by atoms with Crippen LogP contribution < -0.4 is 10.1 Å². The minimum atomic E-state index is -0.175. The van der Waals surface area contributed by atoms with Crippen LogP contribution in [0.25, 0.3) is 0 Å². The van der Waals surface area contributed by atoms with E-state index in [9.17, 15) is 9.59 Å². The van der Waals surface area contributed by atoms with Crippen LogP contribution in [-0.4, -0.2) is 50.1 Å². The molecule has 0 aromatic heterocycles. The molecule has 2 amide bonds. The molecular formula is C19H28N2O4. The molecule has 1 atom stereocenters. The second kappa shape index (κ2) is 10.0. The van der Waals surface area contributed by atoms with E-state index in [1.807, 2.05) is 31.2 Å². The fourth-order valence-electron chi connectivity index (χ4n) is 2.96. The first-order chi connectivity index (χ1) is 12.2. The molecule has 1 aromatic carbocycles. The van der Waals surface area contributed by atoms with Crippen molar-refractivity contribution < 1.29 is 19.1 Å². The van der Waals surface area contributed by atoms with Crippen molar-refractivity contribution in [3.05, 3.63) is 24.3 Å². The molecule has 0 bridgehead atoms. The summed E-state index contributed by atoms with van der Waals surface area (Å²) in [5.74, 6) is 0.538. The van der Waals surface area contributed by atoms with E-state index in [1.54, 1.807) is 12.0 Å². The summed E-state index contributed by atoms with van der Waals surface area (Å²) in [5.41, 5.74) is 0.670. The highest BCUT2D eigenvalue weighted by Gasteiger charge is 2.28. The first kappa shape index (κ1) is 19.2. The molecule has 1 N–H and O–H groups in total. The number of hydrogen-bond acceptors (Lipinski definition) is 4. The number of hydrogen-bond donors (Lipinski definition) is 1. The maximum atomic E-state index is 12.6. The second-order valence-corrected chi connectivity index (χ2v) is 6.21. The molecule has 2 rings (SSSR count). The summed E-state index contributed by atoms with van der Waals surface area (Å²) < 4.78 is 10.8. The molecule has 1 aliphatic rings. The van der Waals surface area contributed by atoms with Crippen LogP contribution in [0.15, 0.2) is 24.3 Å². The number of carbonyl (C=O) groups excluding carboxylic acids is 2. The maximum absolute atomic E-state index is 12.6. The van der Waals surface area contributed by atoms with Crippen molar-refractivity contribution in [2.24, 2.45) is 5.92 Å². The number of likely N-dealkylation sites (tertiary alicyclic amines) is 1. The van der Waals surface area contributed by atoms with Gasteiger partial charge in [-0.25, -0.2) is 0 Å². The second-order valence-electron chi connectivity index (χ2n) is 6.21. The summed E-state index contributed by atoms with van der Waals surface area (Å²) in [5, 5.41) is 2.97. The SMILES string of the molecule is CCC(=O)N1CCCC(C(=O)Nc2ccccc2OCCCOC)C1.